The summed E-state index contributed by atoms with van der Waals surface area (Å²) in [5.41, 5.74) is 0. The van der Waals surface area contributed by atoms with Crippen LogP contribution in [0, 0.1) is 0 Å². The normalized spacial score (nSPS) is 10.6. The van der Waals surface area contributed by atoms with Gasteiger partial charge in [0, 0.05) is 8.95 Å². The van der Waals surface area contributed by atoms with Crippen molar-refractivity contribution >= 4 is 75.1 Å². The van der Waals surface area contributed by atoms with E-state index in [1.807, 2.05) is 23.6 Å². The van der Waals surface area contributed by atoms with Crippen molar-refractivity contribution in [1.82, 2.24) is 0 Å². The largest absolute Gasteiger partial charge is 0.486 e. The van der Waals surface area contributed by atoms with Gasteiger partial charge in [-0.25, -0.2) is 0 Å². The van der Waals surface area contributed by atoms with E-state index in [1.54, 1.807) is 11.3 Å². The van der Waals surface area contributed by atoms with Gasteiger partial charge < -0.3 is 4.74 Å². The summed E-state index contributed by atoms with van der Waals surface area (Å²) in [6, 6.07) is 5.95. The highest BCUT2D eigenvalue weighted by atomic mass is 79.9. The number of hydrogen-bond donors (Lipinski definition) is 0. The summed E-state index contributed by atoms with van der Waals surface area (Å²) in [6.45, 7) is 0.553. The smallest absolute Gasteiger partial charge is 0.148 e. The minimum Gasteiger partial charge on any atom is -0.486 e. The van der Waals surface area contributed by atoms with Gasteiger partial charge in [-0.05, 0) is 71.4 Å². The lowest BCUT2D eigenvalue weighted by Crippen LogP contribution is -1.95. The van der Waals surface area contributed by atoms with Crippen molar-refractivity contribution in [3.63, 3.8) is 0 Å². The first kappa shape index (κ1) is 14.1. The van der Waals surface area contributed by atoms with Gasteiger partial charge >= 0.3 is 0 Å². The van der Waals surface area contributed by atoms with E-state index in [9.17, 15) is 0 Å². The van der Waals surface area contributed by atoms with Crippen LogP contribution in [0.4, 0.5) is 0 Å². The predicted octanol–water partition coefficient (Wildman–Crippen LogP) is 6.38. The average Bonchev–Trinajstić information content (AvgIpc) is 2.62. The quantitative estimate of drug-likeness (QED) is 0.470. The molecule has 0 amide bonds. The Morgan fingerprint density at radius 2 is 1.65 bits per heavy atom. The molecule has 0 fully saturated rings. The molecule has 1 nitrogen and oxygen atoms in total. The maximum absolute atomic E-state index is 5.81. The van der Waals surface area contributed by atoms with Gasteiger partial charge in [-0.3, -0.25) is 0 Å². The van der Waals surface area contributed by atoms with E-state index in [1.165, 1.54) is 4.88 Å². The minimum absolute atomic E-state index is 0.553. The Kier molecular flexibility index (Phi) is 5.12. The summed E-state index contributed by atoms with van der Waals surface area (Å²) in [5, 5.41) is 2.04. The number of ether oxygens (including phenoxy) is 1. The molecule has 0 radical (unpaired) electrons. The molecular weight excluding hydrogens is 500 g/mol. The standard InChI is InChI=1S/C11H6Br4OS/c12-6-3-8(14)11(9(15)4-6)16-5-10-7(13)1-2-17-10/h1-4H,5H2. The van der Waals surface area contributed by atoms with Gasteiger partial charge in [-0.15, -0.1) is 11.3 Å². The number of benzene rings is 1. The molecule has 17 heavy (non-hydrogen) atoms. The number of halogens is 4. The number of hydrogen-bond acceptors (Lipinski definition) is 2. The van der Waals surface area contributed by atoms with Gasteiger partial charge in [-0.1, -0.05) is 15.9 Å². The number of rotatable bonds is 3. The summed E-state index contributed by atoms with van der Waals surface area (Å²) in [5.74, 6) is 0.813. The topological polar surface area (TPSA) is 9.23 Å². The summed E-state index contributed by atoms with van der Waals surface area (Å²) in [4.78, 5) is 1.17. The van der Waals surface area contributed by atoms with Gasteiger partial charge in [0.05, 0.1) is 13.8 Å². The minimum atomic E-state index is 0.553. The maximum Gasteiger partial charge on any atom is 0.148 e. The monoisotopic (exact) mass is 502 g/mol. The highest BCUT2D eigenvalue weighted by Crippen LogP contribution is 2.37. The molecule has 0 saturated carbocycles. The molecule has 2 rings (SSSR count). The summed E-state index contributed by atoms with van der Waals surface area (Å²) in [7, 11) is 0. The van der Waals surface area contributed by atoms with Crippen LogP contribution in [-0.4, -0.2) is 0 Å². The molecule has 2 aromatic rings. The molecule has 0 unspecified atom stereocenters. The molecule has 0 saturated heterocycles. The van der Waals surface area contributed by atoms with Gasteiger partial charge in [0.1, 0.15) is 12.4 Å². The van der Waals surface area contributed by atoms with Crippen LogP contribution in [0.2, 0.25) is 0 Å². The van der Waals surface area contributed by atoms with Gasteiger partial charge in [-0.2, -0.15) is 0 Å². The Balaban J connectivity index is 2.17. The van der Waals surface area contributed by atoms with Crippen LogP contribution in [-0.2, 0) is 6.61 Å². The molecule has 1 heterocycles. The first-order valence-electron chi connectivity index (χ1n) is 4.57. The molecule has 0 aliphatic rings. The molecule has 0 aliphatic carbocycles. The van der Waals surface area contributed by atoms with Crippen molar-refractivity contribution in [3.05, 3.63) is 46.3 Å². The number of thiophene rings is 1. The molecule has 0 atom stereocenters. The zero-order valence-electron chi connectivity index (χ0n) is 8.34. The van der Waals surface area contributed by atoms with E-state index < -0.39 is 0 Å². The van der Waals surface area contributed by atoms with Crippen LogP contribution < -0.4 is 4.74 Å². The van der Waals surface area contributed by atoms with E-state index in [4.69, 9.17) is 4.74 Å². The Hall–Kier alpha value is 0.640. The lowest BCUT2D eigenvalue weighted by Gasteiger charge is -2.10. The SMILES string of the molecule is Brc1cc(Br)c(OCc2sccc2Br)c(Br)c1. The summed E-state index contributed by atoms with van der Waals surface area (Å²) >= 11 is 15.6. The van der Waals surface area contributed by atoms with Crippen LogP contribution in [0.15, 0.2) is 41.5 Å². The molecule has 90 valence electrons. The van der Waals surface area contributed by atoms with Crippen molar-refractivity contribution in [1.29, 1.82) is 0 Å². The summed E-state index contributed by atoms with van der Waals surface area (Å²) < 4.78 is 9.75. The summed E-state index contributed by atoms with van der Waals surface area (Å²) in [6.07, 6.45) is 0. The zero-order chi connectivity index (χ0) is 12.4. The lowest BCUT2D eigenvalue weighted by atomic mass is 10.3. The zero-order valence-corrected chi connectivity index (χ0v) is 15.5. The second kappa shape index (κ2) is 6.19. The van der Waals surface area contributed by atoms with E-state index in [0.29, 0.717) is 6.61 Å². The first-order valence-corrected chi connectivity index (χ1v) is 8.62. The molecule has 0 aliphatic heterocycles. The predicted molar refractivity (Wildman–Crippen MR) is 85.9 cm³/mol. The molecular formula is C11H6Br4OS. The molecule has 0 N–H and O–H groups in total. The van der Waals surface area contributed by atoms with E-state index >= 15 is 0 Å². The molecule has 1 aromatic heterocycles. The second-order valence-electron chi connectivity index (χ2n) is 3.18. The van der Waals surface area contributed by atoms with Crippen molar-refractivity contribution in [2.75, 3.05) is 0 Å². The fourth-order valence-corrected chi connectivity index (χ4v) is 5.10. The van der Waals surface area contributed by atoms with Crippen molar-refractivity contribution < 1.29 is 4.74 Å². The van der Waals surface area contributed by atoms with Crippen LogP contribution >= 0.6 is 75.1 Å². The lowest BCUT2D eigenvalue weighted by molar-refractivity contribution is 0.305. The van der Waals surface area contributed by atoms with Crippen LogP contribution in [0.5, 0.6) is 5.75 Å². The van der Waals surface area contributed by atoms with Crippen LogP contribution in [0.25, 0.3) is 0 Å². The van der Waals surface area contributed by atoms with Crippen molar-refractivity contribution in [2.24, 2.45) is 0 Å². The van der Waals surface area contributed by atoms with Crippen LogP contribution in [0.3, 0.4) is 0 Å². The third-order valence-corrected chi connectivity index (χ3v) is 5.54. The molecule has 0 spiro atoms. The van der Waals surface area contributed by atoms with Crippen molar-refractivity contribution in [2.45, 2.75) is 6.61 Å². The Morgan fingerprint density at radius 1 is 1.00 bits per heavy atom. The Morgan fingerprint density at radius 3 is 2.18 bits per heavy atom. The molecule has 1 aromatic carbocycles. The van der Waals surface area contributed by atoms with Gasteiger partial charge in [0.25, 0.3) is 0 Å². The maximum atomic E-state index is 5.81. The molecule has 6 heteroatoms. The van der Waals surface area contributed by atoms with Crippen LogP contribution in [0.1, 0.15) is 4.88 Å². The first-order chi connectivity index (χ1) is 8.08. The van der Waals surface area contributed by atoms with Gasteiger partial charge in [0.2, 0.25) is 0 Å². The second-order valence-corrected chi connectivity index (χ2v) is 7.66. The van der Waals surface area contributed by atoms with Crippen molar-refractivity contribution in [3.8, 4) is 5.75 Å². The third-order valence-electron chi connectivity index (χ3n) is 2.00. The fraction of sp³-hybridized carbons (Fsp3) is 0.0909. The Labute approximate surface area is 137 Å². The highest BCUT2D eigenvalue weighted by Gasteiger charge is 2.10. The average molecular weight is 506 g/mol. The molecule has 0 bridgehead atoms. The highest BCUT2D eigenvalue weighted by molar-refractivity contribution is 9.11. The Bertz CT molecular complexity index is 515. The third kappa shape index (κ3) is 3.56. The van der Waals surface area contributed by atoms with Gasteiger partial charge in [0.15, 0.2) is 0 Å². The van der Waals surface area contributed by atoms with E-state index in [2.05, 4.69) is 63.7 Å². The van der Waals surface area contributed by atoms with E-state index in [0.717, 1.165) is 23.6 Å². The fourth-order valence-electron chi connectivity index (χ4n) is 1.23. The van der Waals surface area contributed by atoms with E-state index in [-0.39, 0.29) is 0 Å².